The molecule has 3 heterocycles. The molecule has 34 heavy (non-hydrogen) atoms. The van der Waals surface area contributed by atoms with E-state index in [1.807, 2.05) is 42.7 Å². The fourth-order valence-electron chi connectivity index (χ4n) is 5.40. The summed E-state index contributed by atoms with van der Waals surface area (Å²) in [5.41, 5.74) is 5.82. The van der Waals surface area contributed by atoms with Gasteiger partial charge >= 0.3 is 0 Å². The number of aromatic nitrogens is 1. The van der Waals surface area contributed by atoms with Crippen molar-refractivity contribution in [3.05, 3.63) is 103 Å². The molecule has 0 aliphatic rings. The quantitative estimate of drug-likeness (QED) is 0.242. The Hall–Kier alpha value is -4.63. The summed E-state index contributed by atoms with van der Waals surface area (Å²) in [7, 11) is 0. The Labute approximate surface area is 193 Å². The average molecular weight is 435 g/mol. The summed E-state index contributed by atoms with van der Waals surface area (Å²) >= 11 is 0. The van der Waals surface area contributed by atoms with Crippen molar-refractivity contribution in [2.45, 2.75) is 0 Å². The van der Waals surface area contributed by atoms with Crippen molar-refractivity contribution in [2.24, 2.45) is 0 Å². The molecular formula is C31H17NO2. The zero-order valence-corrected chi connectivity index (χ0v) is 18.1. The Balaban J connectivity index is 1.64. The first-order valence-electron chi connectivity index (χ1n) is 11.4. The van der Waals surface area contributed by atoms with E-state index in [1.54, 1.807) is 0 Å². The highest BCUT2D eigenvalue weighted by Crippen LogP contribution is 2.43. The summed E-state index contributed by atoms with van der Waals surface area (Å²) in [5.74, 6) is 0. The van der Waals surface area contributed by atoms with Crippen LogP contribution in [0.2, 0.25) is 0 Å². The van der Waals surface area contributed by atoms with Gasteiger partial charge in [-0.25, -0.2) is 0 Å². The van der Waals surface area contributed by atoms with Crippen LogP contribution in [-0.4, -0.2) is 4.98 Å². The fourth-order valence-corrected chi connectivity index (χ4v) is 5.40. The minimum atomic E-state index is 0.891. The van der Waals surface area contributed by atoms with Crippen molar-refractivity contribution < 1.29 is 8.83 Å². The van der Waals surface area contributed by atoms with E-state index >= 15 is 0 Å². The van der Waals surface area contributed by atoms with Gasteiger partial charge in [0.05, 0.1) is 0 Å². The van der Waals surface area contributed by atoms with E-state index in [1.165, 1.54) is 0 Å². The zero-order chi connectivity index (χ0) is 22.2. The lowest BCUT2D eigenvalue weighted by Gasteiger charge is -2.11. The van der Waals surface area contributed by atoms with E-state index < -0.39 is 0 Å². The third kappa shape index (κ3) is 2.33. The number of hydrogen-bond donors (Lipinski definition) is 0. The van der Waals surface area contributed by atoms with Crippen molar-refractivity contribution >= 4 is 65.4 Å². The molecule has 3 aromatic heterocycles. The van der Waals surface area contributed by atoms with Gasteiger partial charge in [-0.15, -0.1) is 0 Å². The van der Waals surface area contributed by atoms with Gasteiger partial charge in [-0.3, -0.25) is 4.98 Å². The molecule has 0 fully saturated rings. The molecule has 8 rings (SSSR count). The van der Waals surface area contributed by atoms with Crippen molar-refractivity contribution in [1.29, 1.82) is 0 Å². The average Bonchev–Trinajstić information content (AvgIpc) is 3.45. The highest BCUT2D eigenvalue weighted by molar-refractivity contribution is 6.28. The molecule has 3 heteroatoms. The molecule has 5 aromatic carbocycles. The second-order valence-corrected chi connectivity index (χ2v) is 8.80. The molecule has 0 spiro atoms. The van der Waals surface area contributed by atoms with Crippen molar-refractivity contribution in [1.82, 2.24) is 4.98 Å². The third-order valence-corrected chi connectivity index (χ3v) is 6.93. The minimum Gasteiger partial charge on any atom is -0.456 e. The first-order chi connectivity index (χ1) is 16.8. The van der Waals surface area contributed by atoms with Gasteiger partial charge in [0.15, 0.2) is 0 Å². The lowest BCUT2D eigenvalue weighted by atomic mass is 9.92. The third-order valence-electron chi connectivity index (χ3n) is 6.93. The molecule has 0 radical (unpaired) electrons. The van der Waals surface area contributed by atoms with Gasteiger partial charge in [-0.1, -0.05) is 48.5 Å². The molecule has 0 amide bonds. The number of para-hydroxylation sites is 2. The van der Waals surface area contributed by atoms with Crippen LogP contribution in [0.5, 0.6) is 0 Å². The van der Waals surface area contributed by atoms with Crippen molar-refractivity contribution in [3.63, 3.8) is 0 Å². The van der Waals surface area contributed by atoms with Gasteiger partial charge in [-0.2, -0.15) is 0 Å². The van der Waals surface area contributed by atoms with Crippen LogP contribution in [-0.2, 0) is 0 Å². The monoisotopic (exact) mass is 435 g/mol. The van der Waals surface area contributed by atoms with Crippen LogP contribution in [0.15, 0.2) is 112 Å². The number of benzene rings is 5. The summed E-state index contributed by atoms with van der Waals surface area (Å²) in [6, 6.07) is 31.6. The molecule has 0 unspecified atom stereocenters. The molecule has 0 bridgehead atoms. The second kappa shape index (κ2) is 6.46. The first kappa shape index (κ1) is 17.9. The predicted octanol–water partition coefficient (Wildman–Crippen LogP) is 8.85. The van der Waals surface area contributed by atoms with Crippen LogP contribution in [0, 0.1) is 0 Å². The summed E-state index contributed by atoms with van der Waals surface area (Å²) in [6.45, 7) is 0. The molecule has 8 aromatic rings. The zero-order valence-electron chi connectivity index (χ0n) is 18.1. The smallest absolute Gasteiger partial charge is 0.143 e. The number of furan rings is 2. The summed E-state index contributed by atoms with van der Waals surface area (Å²) in [4.78, 5) is 4.38. The maximum absolute atomic E-state index is 6.51. The predicted molar refractivity (Wildman–Crippen MR) is 139 cm³/mol. The van der Waals surface area contributed by atoms with E-state index in [4.69, 9.17) is 8.83 Å². The number of hydrogen-bond acceptors (Lipinski definition) is 3. The van der Waals surface area contributed by atoms with E-state index in [0.29, 0.717) is 0 Å². The number of pyridine rings is 1. The molecule has 0 saturated heterocycles. The minimum absolute atomic E-state index is 0.891. The Bertz CT molecular complexity index is 2060. The lowest BCUT2D eigenvalue weighted by Crippen LogP contribution is -1.86. The normalized spacial score (nSPS) is 12.1. The van der Waals surface area contributed by atoms with E-state index in [2.05, 4.69) is 65.6 Å². The molecule has 0 N–H and O–H groups in total. The van der Waals surface area contributed by atoms with Gasteiger partial charge in [0.1, 0.15) is 22.3 Å². The fraction of sp³-hybridized carbons (Fsp3) is 0. The van der Waals surface area contributed by atoms with Crippen LogP contribution in [0.25, 0.3) is 76.5 Å². The van der Waals surface area contributed by atoms with Crippen molar-refractivity contribution in [3.8, 4) is 11.1 Å². The maximum Gasteiger partial charge on any atom is 0.143 e. The molecular weight excluding hydrogens is 418 g/mol. The SMILES string of the molecule is c1cncc(-c2cc3cc4oc5ccccc5c4cc3c3c2ccc2c4ccccc4oc23)c1. The Morgan fingerprint density at radius 1 is 0.529 bits per heavy atom. The number of nitrogens with zero attached hydrogens (tertiary/aromatic N) is 1. The molecule has 0 aliphatic carbocycles. The number of fused-ring (bicyclic) bond motifs is 10. The topological polar surface area (TPSA) is 39.2 Å². The number of rotatable bonds is 1. The highest BCUT2D eigenvalue weighted by Gasteiger charge is 2.18. The molecule has 158 valence electrons. The standard InChI is InChI=1S/C31H17NO2/c1-4-10-28-20(7-1)23-12-11-22-24(18-6-5-13-32-17-18)14-19-15-29-26(16-25(19)30(22)31(23)34-28)21-8-2-3-9-27(21)33-29/h1-17H. The van der Waals surface area contributed by atoms with E-state index in [0.717, 1.165) is 76.5 Å². The first-order valence-corrected chi connectivity index (χ1v) is 11.4. The van der Waals surface area contributed by atoms with Crippen LogP contribution >= 0.6 is 0 Å². The molecule has 0 atom stereocenters. The Morgan fingerprint density at radius 3 is 2.12 bits per heavy atom. The summed E-state index contributed by atoms with van der Waals surface area (Å²) in [5, 5.41) is 9.06. The van der Waals surface area contributed by atoms with Crippen LogP contribution in [0.1, 0.15) is 0 Å². The van der Waals surface area contributed by atoms with Gasteiger partial charge < -0.3 is 8.83 Å². The van der Waals surface area contributed by atoms with Gasteiger partial charge in [-0.05, 0) is 64.2 Å². The van der Waals surface area contributed by atoms with Crippen LogP contribution in [0.4, 0.5) is 0 Å². The molecule has 3 nitrogen and oxygen atoms in total. The lowest BCUT2D eigenvalue weighted by molar-refractivity contribution is 0.669. The van der Waals surface area contributed by atoms with E-state index in [-0.39, 0.29) is 0 Å². The Kier molecular flexibility index (Phi) is 3.39. The van der Waals surface area contributed by atoms with Gasteiger partial charge in [0.2, 0.25) is 0 Å². The van der Waals surface area contributed by atoms with Crippen LogP contribution in [0.3, 0.4) is 0 Å². The molecule has 0 saturated carbocycles. The van der Waals surface area contributed by atoms with Crippen LogP contribution < -0.4 is 0 Å². The summed E-state index contributed by atoms with van der Waals surface area (Å²) < 4.78 is 12.7. The Morgan fingerprint density at radius 2 is 1.29 bits per heavy atom. The second-order valence-electron chi connectivity index (χ2n) is 8.80. The van der Waals surface area contributed by atoms with E-state index in [9.17, 15) is 0 Å². The summed E-state index contributed by atoms with van der Waals surface area (Å²) in [6.07, 6.45) is 3.73. The molecule has 0 aliphatic heterocycles. The maximum atomic E-state index is 6.51. The van der Waals surface area contributed by atoms with Gasteiger partial charge in [0.25, 0.3) is 0 Å². The highest BCUT2D eigenvalue weighted by atomic mass is 16.3. The van der Waals surface area contributed by atoms with Gasteiger partial charge in [0, 0.05) is 44.9 Å². The van der Waals surface area contributed by atoms with Crippen molar-refractivity contribution in [2.75, 3.05) is 0 Å². The largest absolute Gasteiger partial charge is 0.456 e.